The molecule has 1 aromatic carbocycles. The van der Waals surface area contributed by atoms with Gasteiger partial charge in [0.2, 0.25) is 0 Å². The number of benzene rings is 1. The Kier molecular flexibility index (Phi) is 6.85. The number of nitrogens with one attached hydrogen (secondary N) is 1. The van der Waals surface area contributed by atoms with Crippen molar-refractivity contribution in [2.75, 3.05) is 13.2 Å². The van der Waals surface area contributed by atoms with Crippen LogP contribution in [0.5, 0.6) is 0 Å². The Labute approximate surface area is 127 Å². The summed E-state index contributed by atoms with van der Waals surface area (Å²) in [6.07, 6.45) is 7.61. The molecule has 2 rings (SSSR count). The highest BCUT2D eigenvalue weighted by Crippen LogP contribution is 2.27. The first-order valence-electron chi connectivity index (χ1n) is 7.90. The van der Waals surface area contributed by atoms with Crippen LogP contribution in [0.4, 0.5) is 0 Å². The number of hydrogen-bond acceptors (Lipinski definition) is 2. The molecule has 1 N–H and O–H groups in total. The molecule has 1 saturated carbocycles. The summed E-state index contributed by atoms with van der Waals surface area (Å²) >= 11 is 6.30. The highest BCUT2D eigenvalue weighted by Gasteiger charge is 2.23. The second-order valence-corrected chi connectivity index (χ2v) is 6.03. The third kappa shape index (κ3) is 5.43. The van der Waals surface area contributed by atoms with Crippen LogP contribution < -0.4 is 5.32 Å². The van der Waals surface area contributed by atoms with Gasteiger partial charge in [0.25, 0.3) is 0 Å². The first kappa shape index (κ1) is 15.8. The molecule has 0 aromatic heterocycles. The summed E-state index contributed by atoms with van der Waals surface area (Å²) in [6.45, 7) is 3.91. The quantitative estimate of drug-likeness (QED) is 0.630. The van der Waals surface area contributed by atoms with Crippen molar-refractivity contribution < 1.29 is 4.74 Å². The fourth-order valence-electron chi connectivity index (χ4n) is 2.31. The normalized spacial score (nSPS) is 16.3. The van der Waals surface area contributed by atoms with Crippen molar-refractivity contribution in [3.05, 3.63) is 34.9 Å². The third-order valence-electron chi connectivity index (χ3n) is 3.74. The van der Waals surface area contributed by atoms with Crippen molar-refractivity contribution in [3.8, 4) is 0 Å². The predicted molar refractivity (Wildman–Crippen MR) is 85.3 cm³/mol. The third-order valence-corrected chi connectivity index (χ3v) is 4.08. The monoisotopic (exact) mass is 295 g/mol. The van der Waals surface area contributed by atoms with Crippen molar-refractivity contribution in [1.82, 2.24) is 5.32 Å². The molecule has 0 amide bonds. The molecule has 1 fully saturated rings. The van der Waals surface area contributed by atoms with Gasteiger partial charge in [-0.2, -0.15) is 0 Å². The first-order chi connectivity index (χ1) is 9.81. The van der Waals surface area contributed by atoms with E-state index in [0.717, 1.165) is 30.2 Å². The lowest BCUT2D eigenvalue weighted by Crippen LogP contribution is -2.25. The van der Waals surface area contributed by atoms with E-state index in [-0.39, 0.29) is 6.10 Å². The second-order valence-electron chi connectivity index (χ2n) is 5.62. The first-order valence-corrected chi connectivity index (χ1v) is 8.28. The van der Waals surface area contributed by atoms with E-state index in [1.54, 1.807) is 0 Å². The molecule has 0 aliphatic heterocycles. The highest BCUT2D eigenvalue weighted by molar-refractivity contribution is 6.31. The maximum absolute atomic E-state index is 6.30. The molecule has 1 aliphatic rings. The summed E-state index contributed by atoms with van der Waals surface area (Å²) in [7, 11) is 0. The van der Waals surface area contributed by atoms with Crippen LogP contribution in [0.25, 0.3) is 0 Å². The van der Waals surface area contributed by atoms with Gasteiger partial charge in [0.05, 0.1) is 6.10 Å². The summed E-state index contributed by atoms with van der Waals surface area (Å²) in [4.78, 5) is 0. The fourth-order valence-corrected chi connectivity index (χ4v) is 2.57. The summed E-state index contributed by atoms with van der Waals surface area (Å²) in [5.74, 6) is 0. The Hall–Kier alpha value is -0.570. The van der Waals surface area contributed by atoms with Crippen LogP contribution in [-0.2, 0) is 4.74 Å². The maximum atomic E-state index is 6.30. The SMILES string of the molecule is CCCCCCOC(CNC1CC1)c1ccccc1Cl. The number of unbranched alkanes of at least 4 members (excludes halogenated alkanes) is 3. The van der Waals surface area contributed by atoms with Gasteiger partial charge in [0, 0.05) is 29.8 Å². The number of hydrogen-bond donors (Lipinski definition) is 1. The molecule has 3 heteroatoms. The lowest BCUT2D eigenvalue weighted by atomic mass is 10.1. The van der Waals surface area contributed by atoms with E-state index < -0.39 is 0 Å². The Morgan fingerprint density at radius 1 is 1.25 bits per heavy atom. The lowest BCUT2D eigenvalue weighted by Gasteiger charge is -2.20. The van der Waals surface area contributed by atoms with Crippen LogP contribution in [-0.4, -0.2) is 19.2 Å². The summed E-state index contributed by atoms with van der Waals surface area (Å²) in [5, 5.41) is 4.36. The topological polar surface area (TPSA) is 21.3 Å². The van der Waals surface area contributed by atoms with Crippen molar-refractivity contribution in [2.24, 2.45) is 0 Å². The highest BCUT2D eigenvalue weighted by atomic mass is 35.5. The average molecular weight is 296 g/mol. The molecule has 0 spiro atoms. The van der Waals surface area contributed by atoms with Crippen molar-refractivity contribution in [1.29, 1.82) is 0 Å². The molecular formula is C17H26ClNO. The van der Waals surface area contributed by atoms with Crippen molar-refractivity contribution in [2.45, 2.75) is 57.6 Å². The summed E-state index contributed by atoms with van der Waals surface area (Å²) in [5.41, 5.74) is 1.11. The van der Waals surface area contributed by atoms with E-state index in [0.29, 0.717) is 6.04 Å². The minimum Gasteiger partial charge on any atom is -0.372 e. The lowest BCUT2D eigenvalue weighted by molar-refractivity contribution is 0.0497. The van der Waals surface area contributed by atoms with Gasteiger partial charge in [0.15, 0.2) is 0 Å². The van der Waals surface area contributed by atoms with E-state index in [2.05, 4.69) is 18.3 Å². The Morgan fingerprint density at radius 3 is 2.75 bits per heavy atom. The molecule has 0 bridgehead atoms. The van der Waals surface area contributed by atoms with E-state index >= 15 is 0 Å². The average Bonchev–Trinajstić information content (AvgIpc) is 3.27. The summed E-state index contributed by atoms with van der Waals surface area (Å²) in [6, 6.07) is 8.72. The van der Waals surface area contributed by atoms with E-state index in [1.807, 2.05) is 18.2 Å². The Balaban J connectivity index is 1.84. The molecule has 0 heterocycles. The Bertz CT molecular complexity index is 392. The van der Waals surface area contributed by atoms with E-state index in [4.69, 9.17) is 16.3 Å². The maximum Gasteiger partial charge on any atom is 0.0963 e. The van der Waals surface area contributed by atoms with Gasteiger partial charge in [-0.05, 0) is 25.3 Å². The molecule has 20 heavy (non-hydrogen) atoms. The molecule has 1 aliphatic carbocycles. The smallest absolute Gasteiger partial charge is 0.0963 e. The zero-order valence-corrected chi connectivity index (χ0v) is 13.2. The van der Waals surface area contributed by atoms with Crippen LogP contribution in [0.1, 0.15) is 57.1 Å². The van der Waals surface area contributed by atoms with Gasteiger partial charge in [-0.1, -0.05) is 56.0 Å². The molecule has 1 atom stereocenters. The molecular weight excluding hydrogens is 270 g/mol. The predicted octanol–water partition coefficient (Wildman–Crippen LogP) is 4.73. The number of rotatable bonds is 10. The van der Waals surface area contributed by atoms with Gasteiger partial charge in [-0.3, -0.25) is 0 Å². The van der Waals surface area contributed by atoms with Crippen LogP contribution in [0.2, 0.25) is 5.02 Å². The van der Waals surface area contributed by atoms with Gasteiger partial charge >= 0.3 is 0 Å². The molecule has 2 nitrogen and oxygen atoms in total. The second kappa shape index (κ2) is 8.66. The largest absolute Gasteiger partial charge is 0.372 e. The minimum absolute atomic E-state index is 0.0749. The molecule has 1 aromatic rings. The van der Waals surface area contributed by atoms with E-state index in [9.17, 15) is 0 Å². The molecule has 0 saturated heterocycles. The molecule has 1 unspecified atom stereocenters. The van der Waals surface area contributed by atoms with Crippen LogP contribution >= 0.6 is 11.6 Å². The zero-order valence-electron chi connectivity index (χ0n) is 12.4. The van der Waals surface area contributed by atoms with Crippen molar-refractivity contribution in [3.63, 3.8) is 0 Å². The fraction of sp³-hybridized carbons (Fsp3) is 0.647. The van der Waals surface area contributed by atoms with Gasteiger partial charge in [-0.15, -0.1) is 0 Å². The van der Waals surface area contributed by atoms with Gasteiger partial charge < -0.3 is 10.1 Å². The summed E-state index contributed by atoms with van der Waals surface area (Å²) < 4.78 is 6.09. The molecule has 112 valence electrons. The number of ether oxygens (including phenoxy) is 1. The zero-order chi connectivity index (χ0) is 14.2. The van der Waals surface area contributed by atoms with Gasteiger partial charge in [-0.25, -0.2) is 0 Å². The van der Waals surface area contributed by atoms with Crippen LogP contribution in [0, 0.1) is 0 Å². The van der Waals surface area contributed by atoms with Crippen LogP contribution in [0.3, 0.4) is 0 Å². The molecule has 0 radical (unpaired) electrons. The van der Waals surface area contributed by atoms with E-state index in [1.165, 1.54) is 32.1 Å². The number of halogens is 1. The minimum atomic E-state index is 0.0749. The van der Waals surface area contributed by atoms with Crippen molar-refractivity contribution >= 4 is 11.6 Å². The Morgan fingerprint density at radius 2 is 2.05 bits per heavy atom. The standard InChI is InChI=1S/C17H26ClNO/c1-2-3-4-7-12-20-17(13-19-14-10-11-14)15-8-5-6-9-16(15)18/h5-6,8-9,14,17,19H,2-4,7,10-13H2,1H3. The van der Waals surface area contributed by atoms with Crippen LogP contribution in [0.15, 0.2) is 24.3 Å². The van der Waals surface area contributed by atoms with Gasteiger partial charge in [0.1, 0.15) is 0 Å².